The van der Waals surface area contributed by atoms with Crippen LogP contribution in [0.25, 0.3) is 0 Å². The number of nitrogens with one attached hydrogen (secondary N) is 1. The maximum atomic E-state index is 9.17. The Morgan fingerprint density at radius 2 is 1.89 bits per heavy atom. The van der Waals surface area contributed by atoms with Crippen LogP contribution in [-0.4, -0.2) is 38.0 Å². The number of rotatable bonds is 11. The zero-order valence-electron chi connectivity index (χ0n) is 11.7. The van der Waals surface area contributed by atoms with Gasteiger partial charge in [0, 0.05) is 25.7 Å². The van der Waals surface area contributed by atoms with Crippen LogP contribution in [0.2, 0.25) is 0 Å². The molecule has 1 rings (SSSR count). The third kappa shape index (κ3) is 6.95. The normalized spacial score (nSPS) is 18.3. The Kier molecular flexibility index (Phi) is 7.26. The maximum Gasteiger partial charge on any atom is 0.106 e. The minimum Gasteiger partial charge on any atom is -0.379 e. The topological polar surface area (TPSA) is 54.3 Å². The zero-order valence-corrected chi connectivity index (χ0v) is 11.7. The van der Waals surface area contributed by atoms with Crippen molar-refractivity contribution in [1.82, 2.24) is 5.32 Å². The van der Waals surface area contributed by atoms with E-state index in [0.717, 1.165) is 25.9 Å². The first-order valence-corrected chi connectivity index (χ1v) is 7.04. The third-order valence-electron chi connectivity index (χ3n) is 3.11. The molecule has 0 spiro atoms. The predicted molar refractivity (Wildman–Crippen MR) is 71.3 cm³/mol. The van der Waals surface area contributed by atoms with Crippen molar-refractivity contribution in [2.75, 3.05) is 26.4 Å². The molecule has 1 N–H and O–H groups in total. The molecular formula is C14H26N2O2. The molecule has 4 nitrogen and oxygen atoms in total. The van der Waals surface area contributed by atoms with E-state index in [1.54, 1.807) is 0 Å². The van der Waals surface area contributed by atoms with Crippen molar-refractivity contribution in [2.24, 2.45) is 0 Å². The molecule has 0 bridgehead atoms. The molecule has 0 aliphatic heterocycles. The Hall–Kier alpha value is -0.630. The molecule has 0 amide bonds. The Bertz CT molecular complexity index is 261. The number of nitrogens with zero attached hydrogens (tertiary/aromatic N) is 1. The van der Waals surface area contributed by atoms with Crippen LogP contribution in [0.5, 0.6) is 0 Å². The van der Waals surface area contributed by atoms with E-state index in [1.165, 1.54) is 12.8 Å². The van der Waals surface area contributed by atoms with E-state index in [2.05, 4.69) is 18.3 Å². The van der Waals surface area contributed by atoms with Gasteiger partial charge in [-0.3, -0.25) is 5.32 Å². The van der Waals surface area contributed by atoms with E-state index in [9.17, 15) is 0 Å². The van der Waals surface area contributed by atoms with Gasteiger partial charge in [-0.2, -0.15) is 5.26 Å². The van der Waals surface area contributed by atoms with Gasteiger partial charge in [-0.15, -0.1) is 0 Å². The fourth-order valence-electron chi connectivity index (χ4n) is 1.68. The van der Waals surface area contributed by atoms with E-state index in [0.29, 0.717) is 25.9 Å². The molecule has 1 aliphatic carbocycles. The van der Waals surface area contributed by atoms with Crippen molar-refractivity contribution in [3.63, 3.8) is 0 Å². The highest BCUT2D eigenvalue weighted by Crippen LogP contribution is 2.23. The second-order valence-electron chi connectivity index (χ2n) is 5.19. The molecule has 1 aliphatic rings. The fraction of sp³-hybridized carbons (Fsp3) is 0.929. The van der Waals surface area contributed by atoms with Crippen LogP contribution >= 0.6 is 0 Å². The zero-order chi connectivity index (χ0) is 13.3. The molecule has 18 heavy (non-hydrogen) atoms. The maximum absolute atomic E-state index is 9.17. The number of hydrogen-bond donors (Lipinski definition) is 1. The average molecular weight is 254 g/mol. The first-order valence-electron chi connectivity index (χ1n) is 7.04. The fourth-order valence-corrected chi connectivity index (χ4v) is 1.68. The lowest BCUT2D eigenvalue weighted by molar-refractivity contribution is 0.0414. The predicted octanol–water partition coefficient (Wildman–Crippen LogP) is 2.24. The summed E-state index contributed by atoms with van der Waals surface area (Å²) < 4.78 is 10.9. The first kappa shape index (κ1) is 15.4. The number of ether oxygens (including phenoxy) is 2. The Balaban J connectivity index is 1.96. The molecule has 0 aromatic carbocycles. The summed E-state index contributed by atoms with van der Waals surface area (Å²) in [5.41, 5.74) is -0.440. The van der Waals surface area contributed by atoms with E-state index >= 15 is 0 Å². The van der Waals surface area contributed by atoms with Crippen LogP contribution in [0.15, 0.2) is 0 Å². The van der Waals surface area contributed by atoms with E-state index in [4.69, 9.17) is 14.7 Å². The molecule has 104 valence electrons. The summed E-state index contributed by atoms with van der Waals surface area (Å²) >= 11 is 0. The van der Waals surface area contributed by atoms with Crippen LogP contribution in [0.1, 0.15) is 46.0 Å². The lowest BCUT2D eigenvalue weighted by Gasteiger charge is -2.23. The van der Waals surface area contributed by atoms with Crippen LogP contribution in [0.4, 0.5) is 0 Å². The highest BCUT2D eigenvalue weighted by molar-refractivity contribution is 5.06. The molecule has 0 aromatic heterocycles. The summed E-state index contributed by atoms with van der Waals surface area (Å²) in [6, 6.07) is 2.89. The molecule has 1 saturated carbocycles. The van der Waals surface area contributed by atoms with Gasteiger partial charge in [-0.05, 0) is 26.2 Å². The van der Waals surface area contributed by atoms with Gasteiger partial charge in [0.05, 0.1) is 19.3 Å². The highest BCUT2D eigenvalue weighted by atomic mass is 16.5. The van der Waals surface area contributed by atoms with Crippen LogP contribution in [-0.2, 0) is 9.47 Å². The summed E-state index contributed by atoms with van der Waals surface area (Å²) in [5.74, 6) is 0. The number of hydrogen-bond acceptors (Lipinski definition) is 4. The molecule has 0 aromatic rings. The van der Waals surface area contributed by atoms with Crippen LogP contribution in [0, 0.1) is 11.3 Å². The summed E-state index contributed by atoms with van der Waals surface area (Å²) in [7, 11) is 0. The lowest BCUT2D eigenvalue weighted by Crippen LogP contribution is -2.43. The van der Waals surface area contributed by atoms with Crippen LogP contribution in [0.3, 0.4) is 0 Å². The Labute approximate surface area is 111 Å². The van der Waals surface area contributed by atoms with Gasteiger partial charge in [0.1, 0.15) is 5.54 Å². The second kappa shape index (κ2) is 8.47. The molecule has 0 heterocycles. The van der Waals surface area contributed by atoms with Gasteiger partial charge in [-0.25, -0.2) is 0 Å². The van der Waals surface area contributed by atoms with Crippen molar-refractivity contribution in [3.8, 4) is 6.07 Å². The Morgan fingerprint density at radius 3 is 2.44 bits per heavy atom. The number of unbranched alkanes of at least 4 members (excludes halogenated alkanes) is 1. The van der Waals surface area contributed by atoms with Gasteiger partial charge in [0.15, 0.2) is 0 Å². The lowest BCUT2D eigenvalue weighted by atomic mass is 10.0. The Morgan fingerprint density at radius 1 is 1.22 bits per heavy atom. The largest absolute Gasteiger partial charge is 0.379 e. The van der Waals surface area contributed by atoms with E-state index in [1.807, 2.05) is 6.92 Å². The summed E-state index contributed by atoms with van der Waals surface area (Å²) in [6.07, 6.45) is 5.40. The summed E-state index contributed by atoms with van der Waals surface area (Å²) in [6.45, 7) is 6.80. The van der Waals surface area contributed by atoms with Crippen molar-refractivity contribution >= 4 is 0 Å². The first-order chi connectivity index (χ1) is 8.70. The highest BCUT2D eigenvalue weighted by Gasteiger charge is 2.32. The van der Waals surface area contributed by atoms with Gasteiger partial charge in [-0.1, -0.05) is 13.3 Å². The minimum absolute atomic E-state index is 0.440. The average Bonchev–Trinajstić information content (AvgIpc) is 3.16. The molecular weight excluding hydrogens is 228 g/mol. The third-order valence-corrected chi connectivity index (χ3v) is 3.11. The molecule has 0 saturated heterocycles. The molecule has 1 unspecified atom stereocenters. The van der Waals surface area contributed by atoms with Crippen molar-refractivity contribution < 1.29 is 9.47 Å². The van der Waals surface area contributed by atoms with Gasteiger partial charge in [0.25, 0.3) is 0 Å². The van der Waals surface area contributed by atoms with E-state index < -0.39 is 5.54 Å². The molecule has 1 fully saturated rings. The van der Waals surface area contributed by atoms with Gasteiger partial charge in [0.2, 0.25) is 0 Å². The van der Waals surface area contributed by atoms with Crippen molar-refractivity contribution in [3.05, 3.63) is 0 Å². The monoisotopic (exact) mass is 254 g/mol. The molecule has 1 atom stereocenters. The summed E-state index contributed by atoms with van der Waals surface area (Å²) in [5, 5.41) is 12.5. The SMILES string of the molecule is CCCCOCCOCCC(C)(C#N)NC1CC1. The standard InChI is InChI=1S/C14H26N2O2/c1-3-4-8-17-10-11-18-9-7-14(2,12-15)16-13-5-6-13/h13,16H,3-11H2,1-2H3. The van der Waals surface area contributed by atoms with Crippen LogP contribution < -0.4 is 5.32 Å². The second-order valence-corrected chi connectivity index (χ2v) is 5.19. The molecule has 0 radical (unpaired) electrons. The molecule has 4 heteroatoms. The van der Waals surface area contributed by atoms with Gasteiger partial charge < -0.3 is 9.47 Å². The summed E-state index contributed by atoms with van der Waals surface area (Å²) in [4.78, 5) is 0. The van der Waals surface area contributed by atoms with Crippen molar-refractivity contribution in [1.29, 1.82) is 5.26 Å². The van der Waals surface area contributed by atoms with Crippen molar-refractivity contribution in [2.45, 2.75) is 57.5 Å². The minimum atomic E-state index is -0.440. The van der Waals surface area contributed by atoms with Gasteiger partial charge >= 0.3 is 0 Å². The smallest absolute Gasteiger partial charge is 0.106 e. The number of nitriles is 1. The quantitative estimate of drug-likeness (QED) is 0.575. The van der Waals surface area contributed by atoms with E-state index in [-0.39, 0.29) is 0 Å².